The van der Waals surface area contributed by atoms with Crippen molar-refractivity contribution in [3.63, 3.8) is 0 Å². The lowest BCUT2D eigenvalue weighted by Gasteiger charge is -2.26. The van der Waals surface area contributed by atoms with Gasteiger partial charge in [-0.2, -0.15) is 0 Å². The molecule has 1 aromatic rings. The molecule has 0 unspecified atom stereocenters. The number of halogens is 1. The molecule has 0 heterocycles. The van der Waals surface area contributed by atoms with E-state index in [-0.39, 0.29) is 0 Å². The molecular weight excluding hydrogens is 292 g/mol. The Bertz CT molecular complexity index is 358. The molecule has 0 aromatic heterocycles. The third-order valence-corrected chi connectivity index (χ3v) is 3.34. The highest BCUT2D eigenvalue weighted by molar-refractivity contribution is 9.10. The summed E-state index contributed by atoms with van der Waals surface area (Å²) < 4.78 is 6.57. The van der Waals surface area contributed by atoms with Crippen LogP contribution in [0.15, 0.2) is 22.7 Å². The van der Waals surface area contributed by atoms with E-state index in [1.165, 1.54) is 11.3 Å². The van der Waals surface area contributed by atoms with Gasteiger partial charge in [-0.1, -0.05) is 22.0 Å². The summed E-state index contributed by atoms with van der Waals surface area (Å²) in [7, 11) is 1.97. The van der Waals surface area contributed by atoms with Crippen molar-refractivity contribution in [1.82, 2.24) is 5.32 Å². The van der Waals surface area contributed by atoms with E-state index in [9.17, 15) is 0 Å². The Morgan fingerprint density at radius 3 is 2.72 bits per heavy atom. The van der Waals surface area contributed by atoms with E-state index in [1.807, 2.05) is 14.0 Å². The number of nitrogens with zero attached hydrogens (tertiary/aromatic N) is 1. The zero-order chi connectivity index (χ0) is 13.4. The molecular formula is C14H23BrN2O. The van der Waals surface area contributed by atoms with E-state index >= 15 is 0 Å². The fourth-order valence-electron chi connectivity index (χ4n) is 1.94. The van der Waals surface area contributed by atoms with Crippen LogP contribution in [-0.2, 0) is 11.3 Å². The molecule has 0 aliphatic heterocycles. The van der Waals surface area contributed by atoms with E-state index in [1.54, 1.807) is 0 Å². The average Bonchev–Trinajstić information content (AvgIpc) is 2.37. The van der Waals surface area contributed by atoms with Crippen molar-refractivity contribution in [1.29, 1.82) is 0 Å². The van der Waals surface area contributed by atoms with Gasteiger partial charge in [-0.15, -0.1) is 0 Å². The number of hydrogen-bond donors (Lipinski definition) is 1. The van der Waals surface area contributed by atoms with Crippen LogP contribution in [0.25, 0.3) is 0 Å². The lowest BCUT2D eigenvalue weighted by molar-refractivity contribution is 0.154. The maximum Gasteiger partial charge on any atom is 0.0641 e. The van der Waals surface area contributed by atoms with Crippen LogP contribution in [0, 0.1) is 0 Å². The zero-order valence-corrected chi connectivity index (χ0v) is 13.1. The molecule has 1 rings (SSSR count). The van der Waals surface area contributed by atoms with Crippen molar-refractivity contribution in [3.8, 4) is 0 Å². The van der Waals surface area contributed by atoms with E-state index < -0.39 is 0 Å². The molecule has 1 aromatic carbocycles. The number of hydrogen-bond acceptors (Lipinski definition) is 3. The van der Waals surface area contributed by atoms with Crippen LogP contribution < -0.4 is 10.2 Å². The first kappa shape index (κ1) is 15.5. The van der Waals surface area contributed by atoms with Gasteiger partial charge < -0.3 is 15.0 Å². The number of ether oxygens (including phenoxy) is 1. The summed E-state index contributed by atoms with van der Waals surface area (Å²) in [5, 5.41) is 3.22. The minimum absolute atomic E-state index is 0.774. The SMILES string of the molecule is CCOCCN(CC)c1cc(Br)ccc1CNC. The van der Waals surface area contributed by atoms with Gasteiger partial charge in [0.1, 0.15) is 0 Å². The van der Waals surface area contributed by atoms with E-state index in [0.717, 1.165) is 37.3 Å². The van der Waals surface area contributed by atoms with Gasteiger partial charge in [-0.05, 0) is 38.6 Å². The first-order valence-electron chi connectivity index (χ1n) is 6.48. The normalized spacial score (nSPS) is 10.7. The fraction of sp³-hybridized carbons (Fsp3) is 0.571. The Kier molecular flexibility index (Phi) is 7.32. The van der Waals surface area contributed by atoms with Crippen molar-refractivity contribution in [2.24, 2.45) is 0 Å². The number of nitrogens with one attached hydrogen (secondary N) is 1. The van der Waals surface area contributed by atoms with Crippen LogP contribution in [0.3, 0.4) is 0 Å². The van der Waals surface area contributed by atoms with Gasteiger partial charge in [0.15, 0.2) is 0 Å². The van der Waals surface area contributed by atoms with Crippen LogP contribution in [0.5, 0.6) is 0 Å². The maximum atomic E-state index is 5.45. The molecule has 4 heteroatoms. The molecule has 0 fully saturated rings. The molecule has 0 saturated carbocycles. The molecule has 1 N–H and O–H groups in total. The summed E-state index contributed by atoms with van der Waals surface area (Å²) in [6, 6.07) is 6.44. The van der Waals surface area contributed by atoms with E-state index in [0.29, 0.717) is 0 Å². The molecule has 0 aliphatic rings. The molecule has 0 bridgehead atoms. The minimum Gasteiger partial charge on any atom is -0.380 e. The molecule has 0 amide bonds. The first-order valence-corrected chi connectivity index (χ1v) is 7.27. The summed E-state index contributed by atoms with van der Waals surface area (Å²) in [5.74, 6) is 0. The average molecular weight is 315 g/mol. The van der Waals surface area contributed by atoms with E-state index in [2.05, 4.69) is 51.3 Å². The Morgan fingerprint density at radius 2 is 2.11 bits per heavy atom. The van der Waals surface area contributed by atoms with Gasteiger partial charge in [0.2, 0.25) is 0 Å². The summed E-state index contributed by atoms with van der Waals surface area (Å²) in [6.45, 7) is 8.55. The molecule has 0 aliphatic carbocycles. The highest BCUT2D eigenvalue weighted by atomic mass is 79.9. The Balaban J connectivity index is 2.84. The quantitative estimate of drug-likeness (QED) is 0.746. The fourth-order valence-corrected chi connectivity index (χ4v) is 2.29. The van der Waals surface area contributed by atoms with Crippen LogP contribution in [0.1, 0.15) is 19.4 Å². The van der Waals surface area contributed by atoms with Gasteiger partial charge in [0, 0.05) is 36.4 Å². The predicted molar refractivity (Wildman–Crippen MR) is 81.3 cm³/mol. The van der Waals surface area contributed by atoms with Crippen molar-refractivity contribution < 1.29 is 4.74 Å². The predicted octanol–water partition coefficient (Wildman–Crippen LogP) is 3.03. The molecule has 3 nitrogen and oxygen atoms in total. The van der Waals surface area contributed by atoms with Gasteiger partial charge >= 0.3 is 0 Å². The molecule has 0 saturated heterocycles. The van der Waals surface area contributed by atoms with Crippen LogP contribution >= 0.6 is 15.9 Å². The van der Waals surface area contributed by atoms with Gasteiger partial charge in [-0.3, -0.25) is 0 Å². The molecule has 0 atom stereocenters. The summed E-state index contributed by atoms with van der Waals surface area (Å²) in [4.78, 5) is 2.35. The van der Waals surface area contributed by atoms with Crippen LogP contribution in [-0.4, -0.2) is 33.4 Å². The molecule has 18 heavy (non-hydrogen) atoms. The first-order chi connectivity index (χ1) is 8.72. The minimum atomic E-state index is 0.774. The van der Waals surface area contributed by atoms with Gasteiger partial charge in [-0.25, -0.2) is 0 Å². The molecule has 102 valence electrons. The lowest BCUT2D eigenvalue weighted by atomic mass is 10.1. The number of likely N-dealkylation sites (N-methyl/N-ethyl adjacent to an activating group) is 1. The van der Waals surface area contributed by atoms with Gasteiger partial charge in [0.05, 0.1) is 6.61 Å². The van der Waals surface area contributed by atoms with Crippen LogP contribution in [0.2, 0.25) is 0 Å². The second-order valence-electron chi connectivity index (χ2n) is 4.08. The largest absolute Gasteiger partial charge is 0.380 e. The summed E-state index contributed by atoms with van der Waals surface area (Å²) in [6.07, 6.45) is 0. The lowest BCUT2D eigenvalue weighted by Crippen LogP contribution is -2.28. The zero-order valence-electron chi connectivity index (χ0n) is 11.5. The summed E-state index contributed by atoms with van der Waals surface area (Å²) >= 11 is 3.55. The number of rotatable bonds is 8. The molecule has 0 radical (unpaired) electrons. The second kappa shape index (κ2) is 8.51. The Labute approximate surface area is 119 Å². The maximum absolute atomic E-state index is 5.45. The summed E-state index contributed by atoms with van der Waals surface area (Å²) in [5.41, 5.74) is 2.60. The van der Waals surface area contributed by atoms with E-state index in [4.69, 9.17) is 4.74 Å². The monoisotopic (exact) mass is 314 g/mol. The van der Waals surface area contributed by atoms with Crippen LogP contribution in [0.4, 0.5) is 5.69 Å². The third-order valence-electron chi connectivity index (χ3n) is 2.85. The number of benzene rings is 1. The third kappa shape index (κ3) is 4.59. The Hall–Kier alpha value is -0.580. The van der Waals surface area contributed by atoms with Crippen molar-refractivity contribution >= 4 is 21.6 Å². The smallest absolute Gasteiger partial charge is 0.0641 e. The van der Waals surface area contributed by atoms with Gasteiger partial charge in [0.25, 0.3) is 0 Å². The highest BCUT2D eigenvalue weighted by Gasteiger charge is 2.09. The highest BCUT2D eigenvalue weighted by Crippen LogP contribution is 2.25. The standard InChI is InChI=1S/C14H23BrN2O/c1-4-17(8-9-18-5-2)14-10-13(15)7-6-12(14)11-16-3/h6-7,10,16H,4-5,8-9,11H2,1-3H3. The second-order valence-corrected chi connectivity index (χ2v) is 5.00. The number of anilines is 1. The van der Waals surface area contributed by atoms with Crippen molar-refractivity contribution in [2.75, 3.05) is 38.3 Å². The Morgan fingerprint density at radius 1 is 1.33 bits per heavy atom. The topological polar surface area (TPSA) is 24.5 Å². The van der Waals surface area contributed by atoms with Crippen molar-refractivity contribution in [3.05, 3.63) is 28.2 Å². The molecule has 0 spiro atoms. The van der Waals surface area contributed by atoms with Crippen molar-refractivity contribution in [2.45, 2.75) is 20.4 Å².